The van der Waals surface area contributed by atoms with Gasteiger partial charge < -0.3 is 14.8 Å². The van der Waals surface area contributed by atoms with E-state index in [1.54, 1.807) is 22.8 Å². The van der Waals surface area contributed by atoms with Gasteiger partial charge in [0.25, 0.3) is 6.43 Å². The van der Waals surface area contributed by atoms with Crippen molar-refractivity contribution in [2.24, 2.45) is 0 Å². The molecular weight excluding hydrogens is 489 g/mol. The third kappa shape index (κ3) is 4.25. The lowest BCUT2D eigenvalue weighted by atomic mass is 10.0. The van der Waals surface area contributed by atoms with E-state index in [1.165, 1.54) is 18.7 Å². The van der Waals surface area contributed by atoms with Crippen LogP contribution in [0.4, 0.5) is 19.1 Å². The van der Waals surface area contributed by atoms with Crippen molar-refractivity contribution in [2.45, 2.75) is 44.1 Å². The third-order valence-electron chi connectivity index (χ3n) is 7.23. The highest BCUT2D eigenvalue weighted by atomic mass is 19.3. The molecule has 1 N–H and O–H groups in total. The summed E-state index contributed by atoms with van der Waals surface area (Å²) in [7, 11) is 1.51. The minimum absolute atomic E-state index is 0.267. The van der Waals surface area contributed by atoms with Gasteiger partial charge in [0.05, 0.1) is 37.9 Å². The molecule has 13 heteroatoms. The SMILES string of the molecule is COc1nc(N[C@@H]2CCN(C3COC3)C[C@@H]2F)nn2ccc(-c3ccc4nnn([C@H](C)C(F)F)c4c3)c12. The molecule has 1 aromatic carbocycles. The second-order valence-corrected chi connectivity index (χ2v) is 9.52. The Labute approximate surface area is 210 Å². The van der Waals surface area contributed by atoms with Crippen LogP contribution in [0.25, 0.3) is 27.7 Å². The fourth-order valence-electron chi connectivity index (χ4n) is 4.96. The van der Waals surface area contributed by atoms with Gasteiger partial charge in [0.1, 0.15) is 23.2 Å². The van der Waals surface area contributed by atoms with Crippen LogP contribution < -0.4 is 10.1 Å². The number of alkyl halides is 3. The summed E-state index contributed by atoms with van der Waals surface area (Å²) in [6, 6.07) is 5.96. The molecule has 0 amide bonds. The smallest absolute Gasteiger partial charge is 0.260 e. The van der Waals surface area contributed by atoms with Crippen molar-refractivity contribution in [3.8, 4) is 17.0 Å². The van der Waals surface area contributed by atoms with E-state index in [1.807, 2.05) is 12.1 Å². The molecule has 2 aliphatic rings. The van der Waals surface area contributed by atoms with Gasteiger partial charge in [-0.2, -0.15) is 4.98 Å². The molecule has 0 spiro atoms. The lowest BCUT2D eigenvalue weighted by Crippen LogP contribution is -2.57. The van der Waals surface area contributed by atoms with Crippen LogP contribution in [0.3, 0.4) is 0 Å². The Kier molecular flexibility index (Phi) is 6.11. The van der Waals surface area contributed by atoms with Crippen LogP contribution in [0.2, 0.25) is 0 Å². The number of aromatic nitrogens is 6. The first kappa shape index (κ1) is 23.9. The lowest BCUT2D eigenvalue weighted by molar-refractivity contribution is -0.0794. The number of halogens is 3. The number of rotatable bonds is 7. The molecule has 2 saturated heterocycles. The molecule has 2 aliphatic heterocycles. The van der Waals surface area contributed by atoms with E-state index in [0.29, 0.717) is 54.7 Å². The second kappa shape index (κ2) is 9.45. The Morgan fingerprint density at radius 2 is 2.05 bits per heavy atom. The highest BCUT2D eigenvalue weighted by Crippen LogP contribution is 2.34. The number of hydrogen-bond donors (Lipinski definition) is 1. The summed E-state index contributed by atoms with van der Waals surface area (Å²) in [5.41, 5.74) is 3.12. The highest BCUT2D eigenvalue weighted by Gasteiger charge is 2.35. The standard InChI is InChI=1S/C24H27F3N8O2/c1-13(22(26)27)35-20-9-14(3-4-19(20)30-32-35)16-5-8-34-21(16)23(36-2)29-24(31-34)28-18-6-7-33(10-17(18)25)15-11-37-12-15/h3-5,8-9,13,15,17-18,22H,6-7,10-12H2,1-2H3,(H,28,31)/t13-,17+,18-/m1/s1. The van der Waals surface area contributed by atoms with Crippen molar-refractivity contribution in [1.29, 1.82) is 0 Å². The van der Waals surface area contributed by atoms with Crippen LogP contribution in [0, 0.1) is 0 Å². The molecule has 37 heavy (non-hydrogen) atoms. The third-order valence-corrected chi connectivity index (χ3v) is 7.23. The first-order chi connectivity index (χ1) is 17.9. The summed E-state index contributed by atoms with van der Waals surface area (Å²) in [5, 5.41) is 15.6. The zero-order chi connectivity index (χ0) is 25.7. The summed E-state index contributed by atoms with van der Waals surface area (Å²) < 4.78 is 55.3. The molecule has 0 saturated carbocycles. The molecule has 0 bridgehead atoms. The Balaban J connectivity index is 1.29. The molecule has 4 aromatic rings. The average molecular weight is 517 g/mol. The van der Waals surface area contributed by atoms with Crippen LogP contribution in [0.15, 0.2) is 30.5 Å². The number of likely N-dealkylation sites (tertiary alicyclic amines) is 1. The Bertz CT molecular complexity index is 1420. The van der Waals surface area contributed by atoms with Gasteiger partial charge in [-0.05, 0) is 37.1 Å². The maximum atomic E-state index is 15.0. The summed E-state index contributed by atoms with van der Waals surface area (Å²) >= 11 is 0. The van der Waals surface area contributed by atoms with Crippen molar-refractivity contribution in [3.63, 3.8) is 0 Å². The number of fused-ring (bicyclic) bond motifs is 2. The van der Waals surface area contributed by atoms with Gasteiger partial charge in [-0.1, -0.05) is 11.3 Å². The van der Waals surface area contributed by atoms with Crippen LogP contribution >= 0.6 is 0 Å². The molecule has 196 valence electrons. The van der Waals surface area contributed by atoms with Crippen molar-refractivity contribution < 1.29 is 22.6 Å². The largest absolute Gasteiger partial charge is 0.479 e. The zero-order valence-electron chi connectivity index (χ0n) is 20.4. The molecule has 2 fully saturated rings. The highest BCUT2D eigenvalue weighted by molar-refractivity contribution is 5.89. The minimum Gasteiger partial charge on any atom is -0.479 e. The quantitative estimate of drug-likeness (QED) is 0.400. The maximum Gasteiger partial charge on any atom is 0.260 e. The van der Waals surface area contributed by atoms with Crippen molar-refractivity contribution in [3.05, 3.63) is 30.5 Å². The normalized spacial score (nSPS) is 22.0. The molecule has 5 heterocycles. The summed E-state index contributed by atoms with van der Waals surface area (Å²) in [5.74, 6) is 0.577. The topological polar surface area (TPSA) is 94.6 Å². The molecule has 6 rings (SSSR count). The van der Waals surface area contributed by atoms with Gasteiger partial charge in [-0.25, -0.2) is 22.4 Å². The molecule has 10 nitrogen and oxygen atoms in total. The van der Waals surface area contributed by atoms with Gasteiger partial charge in [-0.15, -0.1) is 10.2 Å². The fourth-order valence-corrected chi connectivity index (χ4v) is 4.96. The summed E-state index contributed by atoms with van der Waals surface area (Å²) in [6.45, 7) is 3.84. The number of ether oxygens (including phenoxy) is 2. The Morgan fingerprint density at radius 3 is 2.76 bits per heavy atom. The summed E-state index contributed by atoms with van der Waals surface area (Å²) in [6.07, 6.45) is -1.27. The first-order valence-electron chi connectivity index (χ1n) is 12.2. The molecular formula is C24H27F3N8O2. The van der Waals surface area contributed by atoms with Gasteiger partial charge in [-0.3, -0.25) is 4.90 Å². The van der Waals surface area contributed by atoms with E-state index in [9.17, 15) is 13.2 Å². The lowest BCUT2D eigenvalue weighted by Gasteiger charge is -2.42. The van der Waals surface area contributed by atoms with Crippen LogP contribution in [-0.2, 0) is 4.74 Å². The number of anilines is 1. The number of methoxy groups -OCH3 is 1. The van der Waals surface area contributed by atoms with E-state index in [0.717, 1.165) is 17.7 Å². The zero-order valence-corrected chi connectivity index (χ0v) is 20.4. The molecule has 3 atom stereocenters. The fraction of sp³-hybridized carbons (Fsp3) is 0.500. The monoisotopic (exact) mass is 516 g/mol. The first-order valence-corrected chi connectivity index (χ1v) is 12.2. The van der Waals surface area contributed by atoms with Crippen molar-refractivity contribution in [2.75, 3.05) is 38.7 Å². The van der Waals surface area contributed by atoms with Crippen molar-refractivity contribution >= 4 is 22.5 Å². The van der Waals surface area contributed by atoms with E-state index >= 15 is 0 Å². The van der Waals surface area contributed by atoms with Crippen molar-refractivity contribution in [1.82, 2.24) is 34.5 Å². The van der Waals surface area contributed by atoms with E-state index in [-0.39, 0.29) is 5.95 Å². The number of nitrogens with zero attached hydrogens (tertiary/aromatic N) is 7. The Hall–Kier alpha value is -3.45. The Morgan fingerprint density at radius 1 is 1.22 bits per heavy atom. The number of benzene rings is 1. The second-order valence-electron chi connectivity index (χ2n) is 9.52. The van der Waals surface area contributed by atoms with Crippen LogP contribution in [0.1, 0.15) is 19.4 Å². The van der Waals surface area contributed by atoms with E-state index in [2.05, 4.69) is 30.6 Å². The molecule has 0 aliphatic carbocycles. The van der Waals surface area contributed by atoms with Gasteiger partial charge in [0.15, 0.2) is 0 Å². The molecule has 0 unspecified atom stereocenters. The average Bonchev–Trinajstić information content (AvgIpc) is 3.47. The number of piperidine rings is 1. The van der Waals surface area contributed by atoms with Gasteiger partial charge in [0, 0.05) is 24.8 Å². The van der Waals surface area contributed by atoms with Gasteiger partial charge >= 0.3 is 0 Å². The van der Waals surface area contributed by atoms with Crippen LogP contribution in [-0.4, -0.2) is 92.6 Å². The molecule has 3 aromatic heterocycles. The van der Waals surface area contributed by atoms with Gasteiger partial charge in [0.2, 0.25) is 11.8 Å². The predicted molar refractivity (Wildman–Crippen MR) is 130 cm³/mol. The maximum absolute atomic E-state index is 15.0. The van der Waals surface area contributed by atoms with Crippen LogP contribution in [0.5, 0.6) is 5.88 Å². The minimum atomic E-state index is -2.58. The number of nitrogens with one attached hydrogen (secondary N) is 1. The predicted octanol–water partition coefficient (Wildman–Crippen LogP) is 3.20. The van der Waals surface area contributed by atoms with E-state index < -0.39 is 24.7 Å². The molecule has 0 radical (unpaired) electrons. The summed E-state index contributed by atoms with van der Waals surface area (Å²) in [4.78, 5) is 6.65. The van der Waals surface area contributed by atoms with E-state index in [4.69, 9.17) is 9.47 Å². The number of hydrogen-bond acceptors (Lipinski definition) is 8.